The Morgan fingerprint density at radius 2 is 1.87 bits per heavy atom. The number of nitrogens with two attached hydrogens (primary N) is 1. The first-order valence-electron chi connectivity index (χ1n) is 3.54. The lowest BCUT2D eigenvalue weighted by atomic mass is 10.2. The molecule has 0 bridgehead atoms. The minimum Gasteiger partial charge on any atom is -0.383 e. The number of halogens is 6. The van der Waals surface area contributed by atoms with Crippen LogP contribution in [0.2, 0.25) is 0 Å². The van der Waals surface area contributed by atoms with Crippen molar-refractivity contribution in [1.82, 2.24) is 4.98 Å². The van der Waals surface area contributed by atoms with E-state index in [0.29, 0.717) is 6.20 Å². The van der Waals surface area contributed by atoms with Crippen LogP contribution in [0, 0.1) is 0 Å². The quantitative estimate of drug-likeness (QED) is 0.805. The number of nitrogen functional groups attached to an aromatic ring is 1. The Balaban J connectivity index is 3.44. The van der Waals surface area contributed by atoms with Crippen LogP contribution in [0.3, 0.4) is 0 Å². The molecule has 0 spiro atoms. The van der Waals surface area contributed by atoms with E-state index in [1.54, 1.807) is 0 Å². The van der Waals surface area contributed by atoms with E-state index < -0.39 is 34.0 Å². The number of nitrogens with zero attached hydrogens (tertiary/aromatic N) is 1. The second kappa shape index (κ2) is 3.92. The molecule has 84 valence electrons. The van der Waals surface area contributed by atoms with E-state index in [0.717, 1.165) is 0 Å². The van der Waals surface area contributed by atoms with Gasteiger partial charge in [0.1, 0.15) is 11.4 Å². The van der Waals surface area contributed by atoms with Crippen molar-refractivity contribution < 1.29 is 22.0 Å². The van der Waals surface area contributed by atoms with Crippen LogP contribution >= 0.6 is 15.9 Å². The molecule has 0 aliphatic heterocycles. The zero-order valence-electron chi connectivity index (χ0n) is 6.95. The highest BCUT2D eigenvalue weighted by molar-refractivity contribution is 9.10. The van der Waals surface area contributed by atoms with Gasteiger partial charge in [0.15, 0.2) is 0 Å². The molecule has 0 saturated carbocycles. The van der Waals surface area contributed by atoms with Crippen LogP contribution in [0.5, 0.6) is 0 Å². The molecule has 1 aromatic rings. The number of hydrogen-bond donors (Lipinski definition) is 1. The minimum atomic E-state index is -4.82. The molecule has 1 heterocycles. The summed E-state index contributed by atoms with van der Waals surface area (Å²) in [5.74, 6) is -0.834. The summed E-state index contributed by atoms with van der Waals surface area (Å²) >= 11 is 2.45. The van der Waals surface area contributed by atoms with Gasteiger partial charge in [-0.3, -0.25) is 0 Å². The first kappa shape index (κ1) is 12.2. The van der Waals surface area contributed by atoms with E-state index in [-0.39, 0.29) is 0 Å². The predicted octanol–water partition coefficient (Wildman–Crippen LogP) is 3.38. The zero-order chi connectivity index (χ0) is 11.8. The number of rotatable bonds is 1. The Morgan fingerprint density at radius 1 is 1.33 bits per heavy atom. The third kappa shape index (κ3) is 2.36. The van der Waals surface area contributed by atoms with Gasteiger partial charge in [-0.25, -0.2) is 13.8 Å². The third-order valence-corrected chi connectivity index (χ3v) is 2.44. The highest BCUT2D eigenvalue weighted by atomic mass is 79.9. The lowest BCUT2D eigenvalue weighted by Crippen LogP contribution is -2.13. The van der Waals surface area contributed by atoms with Crippen molar-refractivity contribution in [1.29, 1.82) is 0 Å². The van der Waals surface area contributed by atoms with Crippen molar-refractivity contribution in [3.05, 3.63) is 21.8 Å². The summed E-state index contributed by atoms with van der Waals surface area (Å²) in [5, 5.41) is 0. The van der Waals surface area contributed by atoms with E-state index >= 15 is 0 Å². The van der Waals surface area contributed by atoms with Gasteiger partial charge in [-0.05, 0) is 15.9 Å². The van der Waals surface area contributed by atoms with Gasteiger partial charge in [-0.15, -0.1) is 0 Å². The maximum absolute atomic E-state index is 12.4. The van der Waals surface area contributed by atoms with E-state index in [1.165, 1.54) is 0 Å². The van der Waals surface area contributed by atoms with Crippen molar-refractivity contribution in [2.75, 3.05) is 5.73 Å². The van der Waals surface area contributed by atoms with Crippen LogP contribution in [-0.2, 0) is 6.18 Å². The van der Waals surface area contributed by atoms with Crippen LogP contribution in [0.15, 0.2) is 10.7 Å². The van der Waals surface area contributed by atoms with Gasteiger partial charge in [0.2, 0.25) is 0 Å². The fraction of sp³-hybridized carbons (Fsp3) is 0.286. The fourth-order valence-electron chi connectivity index (χ4n) is 0.939. The molecular weight excluding hydrogens is 287 g/mol. The first-order chi connectivity index (χ1) is 6.75. The Labute approximate surface area is 89.4 Å². The van der Waals surface area contributed by atoms with Crippen molar-refractivity contribution in [3.63, 3.8) is 0 Å². The first-order valence-corrected chi connectivity index (χ1v) is 4.33. The molecule has 8 heteroatoms. The molecule has 0 atom stereocenters. The van der Waals surface area contributed by atoms with E-state index in [4.69, 9.17) is 5.73 Å². The number of anilines is 1. The summed E-state index contributed by atoms with van der Waals surface area (Å²) in [6.07, 6.45) is -7.26. The molecule has 0 radical (unpaired) electrons. The molecule has 0 amide bonds. The van der Waals surface area contributed by atoms with Crippen molar-refractivity contribution >= 4 is 21.7 Å². The molecular formula is C7H4BrF5N2. The normalized spacial score (nSPS) is 12.2. The Hall–Kier alpha value is -0.920. The summed E-state index contributed by atoms with van der Waals surface area (Å²) in [7, 11) is 0. The summed E-state index contributed by atoms with van der Waals surface area (Å²) in [6, 6.07) is 0. The van der Waals surface area contributed by atoms with E-state index in [9.17, 15) is 22.0 Å². The third-order valence-electron chi connectivity index (χ3n) is 1.59. The predicted molar refractivity (Wildman–Crippen MR) is 46.3 cm³/mol. The Morgan fingerprint density at radius 3 is 2.27 bits per heavy atom. The average molecular weight is 291 g/mol. The van der Waals surface area contributed by atoms with Gasteiger partial charge in [-0.2, -0.15) is 13.2 Å². The topological polar surface area (TPSA) is 38.9 Å². The largest absolute Gasteiger partial charge is 0.421 e. The highest BCUT2D eigenvalue weighted by Gasteiger charge is 2.38. The fourth-order valence-corrected chi connectivity index (χ4v) is 1.64. The molecule has 0 fully saturated rings. The Bertz CT molecular complexity index is 376. The lowest BCUT2D eigenvalue weighted by Gasteiger charge is -2.13. The average Bonchev–Trinajstić information content (AvgIpc) is 2.00. The van der Waals surface area contributed by atoms with Crippen LogP contribution < -0.4 is 5.73 Å². The smallest absolute Gasteiger partial charge is 0.383 e. The second-order valence-electron chi connectivity index (χ2n) is 2.59. The molecule has 0 unspecified atom stereocenters. The maximum Gasteiger partial charge on any atom is 0.421 e. The SMILES string of the molecule is Nc1ncc(C(F)F)c(Br)c1C(F)(F)F. The van der Waals surface area contributed by atoms with Crippen LogP contribution in [-0.4, -0.2) is 4.98 Å². The maximum atomic E-state index is 12.4. The van der Waals surface area contributed by atoms with Gasteiger partial charge in [0, 0.05) is 10.7 Å². The molecule has 1 rings (SSSR count). The van der Waals surface area contributed by atoms with Gasteiger partial charge < -0.3 is 5.73 Å². The second-order valence-corrected chi connectivity index (χ2v) is 3.38. The summed E-state index contributed by atoms with van der Waals surface area (Å²) in [4.78, 5) is 3.08. The molecule has 0 aliphatic rings. The molecule has 2 nitrogen and oxygen atoms in total. The van der Waals surface area contributed by atoms with Gasteiger partial charge in [0.25, 0.3) is 6.43 Å². The summed E-state index contributed by atoms with van der Waals surface area (Å²) in [6.45, 7) is 0. The van der Waals surface area contributed by atoms with Gasteiger partial charge in [0.05, 0.1) is 5.56 Å². The monoisotopic (exact) mass is 290 g/mol. The molecule has 2 N–H and O–H groups in total. The number of aromatic nitrogens is 1. The molecule has 1 aromatic heterocycles. The van der Waals surface area contributed by atoms with Gasteiger partial charge in [-0.1, -0.05) is 0 Å². The number of pyridine rings is 1. The zero-order valence-corrected chi connectivity index (χ0v) is 8.53. The Kier molecular flexibility index (Phi) is 3.17. The molecule has 15 heavy (non-hydrogen) atoms. The molecule has 0 aliphatic carbocycles. The highest BCUT2D eigenvalue weighted by Crippen LogP contribution is 2.41. The van der Waals surface area contributed by atoms with Crippen LogP contribution in [0.4, 0.5) is 27.8 Å². The van der Waals surface area contributed by atoms with Crippen molar-refractivity contribution in [3.8, 4) is 0 Å². The van der Waals surface area contributed by atoms with Crippen molar-refractivity contribution in [2.45, 2.75) is 12.6 Å². The standard InChI is InChI=1S/C7H4BrF5N2/c8-4-2(5(9)10)1-15-6(14)3(4)7(11,12)13/h1,5H,(H2,14,15). The summed E-state index contributed by atoms with van der Waals surface area (Å²) < 4.78 is 60.8. The minimum absolute atomic E-state index is 0.610. The van der Waals surface area contributed by atoms with Crippen LogP contribution in [0.1, 0.15) is 17.6 Å². The number of hydrogen-bond acceptors (Lipinski definition) is 2. The summed E-state index contributed by atoms with van der Waals surface area (Å²) in [5.41, 5.74) is 2.76. The molecule has 0 aromatic carbocycles. The van der Waals surface area contributed by atoms with Crippen LogP contribution in [0.25, 0.3) is 0 Å². The van der Waals surface area contributed by atoms with E-state index in [2.05, 4.69) is 20.9 Å². The van der Waals surface area contributed by atoms with Crippen molar-refractivity contribution in [2.24, 2.45) is 0 Å². The molecule has 0 saturated heterocycles. The lowest BCUT2D eigenvalue weighted by molar-refractivity contribution is -0.137. The van der Waals surface area contributed by atoms with Gasteiger partial charge >= 0.3 is 6.18 Å². The van der Waals surface area contributed by atoms with E-state index in [1.807, 2.05) is 0 Å². The number of alkyl halides is 5.